The molecule has 4 aromatic heterocycles. The number of nitrogens with one attached hydrogen (secondary N) is 1. The SMILES string of the molecule is CNc1cc2c(cn1)c(-c1cnn(C)c1)nn2[C@H]1CC[C@@H](Oc2cccnc2OC)CC1. The van der Waals surface area contributed by atoms with E-state index in [4.69, 9.17) is 14.6 Å². The van der Waals surface area contributed by atoms with Crippen molar-refractivity contribution in [1.29, 1.82) is 0 Å². The summed E-state index contributed by atoms with van der Waals surface area (Å²) in [7, 11) is 5.41. The van der Waals surface area contributed by atoms with Gasteiger partial charge < -0.3 is 14.8 Å². The number of fused-ring (bicyclic) bond motifs is 1. The van der Waals surface area contributed by atoms with E-state index in [1.54, 1.807) is 18.0 Å². The van der Waals surface area contributed by atoms with Gasteiger partial charge in [-0.25, -0.2) is 9.97 Å². The maximum absolute atomic E-state index is 6.21. The van der Waals surface area contributed by atoms with Gasteiger partial charge in [0.05, 0.1) is 31.0 Å². The van der Waals surface area contributed by atoms with Crippen molar-refractivity contribution < 1.29 is 9.47 Å². The van der Waals surface area contributed by atoms with Crippen LogP contribution < -0.4 is 14.8 Å². The summed E-state index contributed by atoms with van der Waals surface area (Å²) < 4.78 is 15.5. The molecule has 0 aromatic carbocycles. The first-order valence-corrected chi connectivity index (χ1v) is 10.9. The molecule has 0 atom stereocenters. The molecule has 9 heteroatoms. The van der Waals surface area contributed by atoms with Gasteiger partial charge in [0.25, 0.3) is 5.88 Å². The summed E-state index contributed by atoms with van der Waals surface area (Å²) >= 11 is 0. The van der Waals surface area contributed by atoms with Gasteiger partial charge in [-0.05, 0) is 37.8 Å². The third kappa shape index (κ3) is 3.74. The minimum atomic E-state index is 0.138. The Balaban J connectivity index is 1.40. The van der Waals surface area contributed by atoms with Gasteiger partial charge in [0.1, 0.15) is 11.5 Å². The second-order valence-electron chi connectivity index (χ2n) is 8.09. The number of pyridine rings is 2. The fraction of sp³-hybridized carbons (Fsp3) is 0.391. The van der Waals surface area contributed by atoms with Crippen molar-refractivity contribution in [1.82, 2.24) is 29.5 Å². The van der Waals surface area contributed by atoms with Crippen molar-refractivity contribution in [3.63, 3.8) is 0 Å². The van der Waals surface area contributed by atoms with Crippen LogP contribution in [0.1, 0.15) is 31.7 Å². The number of anilines is 1. The molecule has 0 radical (unpaired) electrons. The summed E-state index contributed by atoms with van der Waals surface area (Å²) in [5, 5.41) is 13.5. The zero-order valence-electron chi connectivity index (χ0n) is 18.5. The molecule has 0 spiro atoms. The van der Waals surface area contributed by atoms with E-state index >= 15 is 0 Å². The average molecular weight is 434 g/mol. The van der Waals surface area contributed by atoms with Crippen LogP contribution in [0.5, 0.6) is 11.6 Å². The molecule has 166 valence electrons. The van der Waals surface area contributed by atoms with E-state index in [2.05, 4.69) is 31.1 Å². The Hall–Kier alpha value is -3.62. The van der Waals surface area contributed by atoms with Crippen LogP contribution in [-0.4, -0.2) is 49.8 Å². The van der Waals surface area contributed by atoms with Crippen molar-refractivity contribution >= 4 is 16.7 Å². The number of methoxy groups -OCH3 is 1. The molecule has 0 amide bonds. The highest BCUT2D eigenvalue weighted by molar-refractivity contribution is 5.93. The maximum atomic E-state index is 6.21. The van der Waals surface area contributed by atoms with Gasteiger partial charge in [0, 0.05) is 49.7 Å². The molecular weight excluding hydrogens is 406 g/mol. The lowest BCUT2D eigenvalue weighted by molar-refractivity contribution is 0.126. The van der Waals surface area contributed by atoms with Gasteiger partial charge >= 0.3 is 0 Å². The number of aromatic nitrogens is 6. The summed E-state index contributed by atoms with van der Waals surface area (Å²) in [6.07, 6.45) is 11.4. The fourth-order valence-corrected chi connectivity index (χ4v) is 4.41. The van der Waals surface area contributed by atoms with Crippen molar-refractivity contribution in [2.24, 2.45) is 7.05 Å². The van der Waals surface area contributed by atoms with Crippen molar-refractivity contribution in [3.8, 4) is 22.9 Å². The Bertz CT molecular complexity index is 1220. The Morgan fingerprint density at radius 1 is 1.12 bits per heavy atom. The molecule has 0 saturated heterocycles. The van der Waals surface area contributed by atoms with Crippen LogP contribution in [0.25, 0.3) is 22.2 Å². The second kappa shape index (κ2) is 8.49. The highest BCUT2D eigenvalue weighted by Crippen LogP contribution is 2.37. The standard InChI is InChI=1S/C23H27N7O2/c1-24-21-11-19-18(13-26-21)22(15-12-27-29(2)14-15)28-30(19)16-6-8-17(9-7-16)32-20-5-4-10-25-23(20)31-3/h4-5,10-14,16-17H,6-9H2,1-3H3,(H,24,26)/t16-,17+. The summed E-state index contributed by atoms with van der Waals surface area (Å²) in [5.74, 6) is 2.06. The highest BCUT2D eigenvalue weighted by atomic mass is 16.5. The van der Waals surface area contributed by atoms with Crippen molar-refractivity contribution in [3.05, 3.63) is 43.0 Å². The summed E-state index contributed by atoms with van der Waals surface area (Å²) in [4.78, 5) is 8.75. The summed E-state index contributed by atoms with van der Waals surface area (Å²) in [6.45, 7) is 0. The molecular formula is C23H27N7O2. The lowest BCUT2D eigenvalue weighted by Gasteiger charge is -2.29. The molecule has 0 bridgehead atoms. The van der Waals surface area contributed by atoms with E-state index in [9.17, 15) is 0 Å². The monoisotopic (exact) mass is 433 g/mol. The smallest absolute Gasteiger partial charge is 0.256 e. The minimum Gasteiger partial charge on any atom is -0.485 e. The van der Waals surface area contributed by atoms with E-state index in [1.165, 1.54) is 0 Å². The molecule has 1 fully saturated rings. The van der Waals surface area contributed by atoms with Gasteiger partial charge in [0.15, 0.2) is 5.75 Å². The topological polar surface area (TPSA) is 91.9 Å². The molecule has 1 aliphatic carbocycles. The molecule has 5 rings (SSSR count). The quantitative estimate of drug-likeness (QED) is 0.494. The molecule has 1 aliphatic rings. The second-order valence-corrected chi connectivity index (χ2v) is 8.09. The van der Waals surface area contributed by atoms with Gasteiger partial charge in [-0.15, -0.1) is 0 Å². The maximum Gasteiger partial charge on any atom is 0.256 e. The zero-order valence-corrected chi connectivity index (χ0v) is 18.5. The van der Waals surface area contributed by atoms with Gasteiger partial charge in [0.2, 0.25) is 0 Å². The lowest BCUT2D eigenvalue weighted by Crippen LogP contribution is -2.26. The molecule has 4 heterocycles. The van der Waals surface area contributed by atoms with Crippen LogP contribution in [0, 0.1) is 0 Å². The Labute approximate surface area is 186 Å². The highest BCUT2D eigenvalue weighted by Gasteiger charge is 2.27. The van der Waals surface area contributed by atoms with Crippen molar-refractivity contribution in [2.75, 3.05) is 19.5 Å². The summed E-state index contributed by atoms with van der Waals surface area (Å²) in [5.41, 5.74) is 3.00. The molecule has 1 N–H and O–H groups in total. The molecule has 0 unspecified atom stereocenters. The van der Waals surface area contributed by atoms with E-state index < -0.39 is 0 Å². The minimum absolute atomic E-state index is 0.138. The fourth-order valence-electron chi connectivity index (χ4n) is 4.41. The van der Waals surface area contributed by atoms with Crippen LogP contribution in [0.4, 0.5) is 5.82 Å². The van der Waals surface area contributed by atoms with E-state index in [-0.39, 0.29) is 6.10 Å². The van der Waals surface area contributed by atoms with Crippen LogP contribution in [0.3, 0.4) is 0 Å². The Kier molecular flexibility index (Phi) is 5.38. The van der Waals surface area contributed by atoms with Crippen molar-refractivity contribution in [2.45, 2.75) is 37.8 Å². The molecule has 32 heavy (non-hydrogen) atoms. The number of rotatable bonds is 6. The number of nitrogens with zero attached hydrogens (tertiary/aromatic N) is 6. The lowest BCUT2D eigenvalue weighted by atomic mass is 9.93. The third-order valence-corrected chi connectivity index (χ3v) is 6.04. The van der Waals surface area contributed by atoms with Crippen LogP contribution in [0.2, 0.25) is 0 Å². The molecule has 9 nitrogen and oxygen atoms in total. The summed E-state index contributed by atoms with van der Waals surface area (Å²) in [6, 6.07) is 6.15. The number of ether oxygens (including phenoxy) is 2. The third-order valence-electron chi connectivity index (χ3n) is 6.04. The van der Waals surface area contributed by atoms with E-state index in [1.807, 2.05) is 44.8 Å². The molecule has 0 aliphatic heterocycles. The molecule has 1 saturated carbocycles. The van der Waals surface area contributed by atoms with Crippen LogP contribution in [-0.2, 0) is 7.05 Å². The normalized spacial score (nSPS) is 18.6. The molecule has 4 aromatic rings. The number of hydrogen-bond acceptors (Lipinski definition) is 7. The predicted molar refractivity (Wildman–Crippen MR) is 122 cm³/mol. The van der Waals surface area contributed by atoms with Gasteiger partial charge in [-0.1, -0.05) is 0 Å². The van der Waals surface area contributed by atoms with Gasteiger partial charge in [-0.3, -0.25) is 9.36 Å². The van der Waals surface area contributed by atoms with E-state index in [0.29, 0.717) is 17.7 Å². The first kappa shape index (κ1) is 20.3. The zero-order chi connectivity index (χ0) is 22.1. The van der Waals surface area contributed by atoms with Gasteiger partial charge in [-0.2, -0.15) is 10.2 Å². The van der Waals surface area contributed by atoms with Crippen LogP contribution >= 0.6 is 0 Å². The Morgan fingerprint density at radius 2 is 1.97 bits per heavy atom. The Morgan fingerprint density at radius 3 is 2.69 bits per heavy atom. The van der Waals surface area contributed by atoms with Crippen LogP contribution in [0.15, 0.2) is 43.0 Å². The largest absolute Gasteiger partial charge is 0.485 e. The predicted octanol–water partition coefficient (Wildman–Crippen LogP) is 3.84. The first-order valence-electron chi connectivity index (χ1n) is 10.9. The average Bonchev–Trinajstić information content (AvgIpc) is 3.43. The number of hydrogen-bond donors (Lipinski definition) is 1. The first-order chi connectivity index (χ1) is 15.7. The number of aryl methyl sites for hydroxylation is 1. The van der Waals surface area contributed by atoms with E-state index in [0.717, 1.165) is 53.7 Å².